The maximum absolute atomic E-state index is 5.96. The monoisotopic (exact) mass is 340 g/mol. The van der Waals surface area contributed by atoms with Crippen LogP contribution < -0.4 is 4.74 Å². The second-order valence-corrected chi connectivity index (χ2v) is 6.54. The average molecular weight is 341 g/mol. The zero-order valence-electron chi connectivity index (χ0n) is 13.0. The quantitative estimate of drug-likeness (QED) is 0.412. The van der Waals surface area contributed by atoms with Crippen LogP contribution in [0.1, 0.15) is 65.2 Å². The van der Waals surface area contributed by atoms with Gasteiger partial charge in [-0.1, -0.05) is 68.3 Å². The Kier molecular flexibility index (Phi) is 9.82. The highest BCUT2D eigenvalue weighted by Gasteiger charge is 2.09. The molecule has 0 N–H and O–H groups in total. The Labute approximate surface area is 133 Å². The summed E-state index contributed by atoms with van der Waals surface area (Å²) >= 11 is 3.45. The third-order valence-electron chi connectivity index (χ3n) is 3.73. The van der Waals surface area contributed by atoms with Crippen LogP contribution in [0, 0.1) is 5.92 Å². The van der Waals surface area contributed by atoms with Gasteiger partial charge in [-0.05, 0) is 43.0 Å². The number of rotatable bonds is 11. The van der Waals surface area contributed by atoms with Crippen LogP contribution in [0.3, 0.4) is 0 Å². The summed E-state index contributed by atoms with van der Waals surface area (Å²) in [4.78, 5) is 0. The molecule has 20 heavy (non-hydrogen) atoms. The van der Waals surface area contributed by atoms with Crippen LogP contribution in [0.4, 0.5) is 0 Å². The largest absolute Gasteiger partial charge is 0.493 e. The molecule has 0 saturated carbocycles. The number of hydrogen-bond donors (Lipinski definition) is 0. The molecule has 1 aromatic carbocycles. The zero-order chi connectivity index (χ0) is 14.6. The van der Waals surface area contributed by atoms with Crippen molar-refractivity contribution in [2.24, 2.45) is 5.92 Å². The van der Waals surface area contributed by atoms with E-state index < -0.39 is 0 Å². The van der Waals surface area contributed by atoms with Gasteiger partial charge in [-0.2, -0.15) is 0 Å². The number of benzene rings is 1. The normalized spacial score (nSPS) is 12.3. The topological polar surface area (TPSA) is 9.23 Å². The highest BCUT2D eigenvalue weighted by atomic mass is 79.9. The van der Waals surface area contributed by atoms with E-state index in [-0.39, 0.29) is 0 Å². The fourth-order valence-corrected chi connectivity index (χ4v) is 2.67. The SMILES string of the molecule is CCCCCCC(CCCC)COc1ccc(Br)cc1. The van der Waals surface area contributed by atoms with E-state index in [1.807, 2.05) is 24.3 Å². The number of ether oxygens (including phenoxy) is 1. The van der Waals surface area contributed by atoms with E-state index in [0.717, 1.165) is 22.7 Å². The van der Waals surface area contributed by atoms with Crippen molar-refractivity contribution >= 4 is 15.9 Å². The first-order valence-corrected chi connectivity index (χ1v) is 8.94. The lowest BCUT2D eigenvalue weighted by atomic mass is 9.96. The number of halogens is 1. The Hall–Kier alpha value is -0.500. The van der Waals surface area contributed by atoms with Crippen LogP contribution in [0.15, 0.2) is 28.7 Å². The van der Waals surface area contributed by atoms with E-state index in [2.05, 4.69) is 29.8 Å². The van der Waals surface area contributed by atoms with Crippen molar-refractivity contribution < 1.29 is 4.74 Å². The minimum Gasteiger partial charge on any atom is -0.493 e. The number of hydrogen-bond acceptors (Lipinski definition) is 1. The molecule has 0 amide bonds. The van der Waals surface area contributed by atoms with Crippen LogP contribution in [-0.2, 0) is 0 Å². The van der Waals surface area contributed by atoms with Gasteiger partial charge in [-0.15, -0.1) is 0 Å². The predicted molar refractivity (Wildman–Crippen MR) is 91.4 cm³/mol. The molecule has 0 saturated heterocycles. The molecule has 0 spiro atoms. The summed E-state index contributed by atoms with van der Waals surface area (Å²) in [5, 5.41) is 0. The molecule has 1 unspecified atom stereocenters. The highest BCUT2D eigenvalue weighted by Crippen LogP contribution is 2.21. The van der Waals surface area contributed by atoms with Crippen LogP contribution in [0.25, 0.3) is 0 Å². The molecule has 0 bridgehead atoms. The Morgan fingerprint density at radius 1 is 0.900 bits per heavy atom. The Balaban J connectivity index is 2.32. The standard InChI is InChI=1S/C18H29BrO/c1-3-5-7-8-10-16(9-6-4-2)15-20-18-13-11-17(19)12-14-18/h11-14,16H,3-10,15H2,1-2H3. The third kappa shape index (κ3) is 7.94. The fourth-order valence-electron chi connectivity index (χ4n) is 2.41. The van der Waals surface area contributed by atoms with E-state index in [1.165, 1.54) is 51.4 Å². The van der Waals surface area contributed by atoms with E-state index in [4.69, 9.17) is 4.74 Å². The minimum atomic E-state index is 0.718. The molecule has 1 nitrogen and oxygen atoms in total. The van der Waals surface area contributed by atoms with Crippen LogP contribution >= 0.6 is 15.9 Å². The van der Waals surface area contributed by atoms with Gasteiger partial charge < -0.3 is 4.74 Å². The van der Waals surface area contributed by atoms with Crippen molar-refractivity contribution in [3.63, 3.8) is 0 Å². The molecule has 0 aliphatic carbocycles. The first-order valence-electron chi connectivity index (χ1n) is 8.14. The van der Waals surface area contributed by atoms with E-state index in [1.54, 1.807) is 0 Å². The van der Waals surface area contributed by atoms with Crippen LogP contribution in [0.5, 0.6) is 5.75 Å². The average Bonchev–Trinajstić information content (AvgIpc) is 2.47. The molecule has 0 fully saturated rings. The van der Waals surface area contributed by atoms with E-state index >= 15 is 0 Å². The smallest absolute Gasteiger partial charge is 0.119 e. The summed E-state index contributed by atoms with van der Waals surface area (Å²) in [5.41, 5.74) is 0. The molecular weight excluding hydrogens is 312 g/mol. The maximum atomic E-state index is 5.96. The van der Waals surface area contributed by atoms with Gasteiger partial charge in [-0.3, -0.25) is 0 Å². The minimum absolute atomic E-state index is 0.718. The molecule has 0 radical (unpaired) electrons. The summed E-state index contributed by atoms with van der Waals surface area (Å²) in [7, 11) is 0. The third-order valence-corrected chi connectivity index (χ3v) is 4.26. The molecule has 2 heteroatoms. The molecule has 0 aliphatic heterocycles. The van der Waals surface area contributed by atoms with Gasteiger partial charge in [0.1, 0.15) is 5.75 Å². The summed E-state index contributed by atoms with van der Waals surface area (Å²) in [6, 6.07) is 8.16. The summed E-state index contributed by atoms with van der Waals surface area (Å²) in [5.74, 6) is 1.71. The van der Waals surface area contributed by atoms with Gasteiger partial charge in [0.05, 0.1) is 6.61 Å². The molecule has 0 aliphatic rings. The molecule has 114 valence electrons. The van der Waals surface area contributed by atoms with Crippen molar-refractivity contribution in [1.29, 1.82) is 0 Å². The van der Waals surface area contributed by atoms with Gasteiger partial charge in [0.2, 0.25) is 0 Å². The molecule has 1 atom stereocenters. The first-order chi connectivity index (χ1) is 9.76. The van der Waals surface area contributed by atoms with Crippen molar-refractivity contribution in [3.8, 4) is 5.75 Å². The predicted octanol–water partition coefficient (Wildman–Crippen LogP) is 6.60. The fraction of sp³-hybridized carbons (Fsp3) is 0.667. The summed E-state index contributed by atoms with van der Waals surface area (Å²) in [6.07, 6.45) is 10.6. The van der Waals surface area contributed by atoms with Crippen molar-refractivity contribution in [2.75, 3.05) is 6.61 Å². The van der Waals surface area contributed by atoms with Crippen molar-refractivity contribution in [3.05, 3.63) is 28.7 Å². The van der Waals surface area contributed by atoms with E-state index in [0.29, 0.717) is 0 Å². The second kappa shape index (κ2) is 11.2. The first kappa shape index (κ1) is 17.6. The summed E-state index contributed by atoms with van der Waals surface area (Å²) < 4.78 is 7.06. The Bertz CT molecular complexity index is 334. The van der Waals surface area contributed by atoms with Gasteiger partial charge >= 0.3 is 0 Å². The van der Waals surface area contributed by atoms with Gasteiger partial charge in [-0.25, -0.2) is 0 Å². The summed E-state index contributed by atoms with van der Waals surface area (Å²) in [6.45, 7) is 5.41. The lowest BCUT2D eigenvalue weighted by molar-refractivity contribution is 0.225. The lowest BCUT2D eigenvalue weighted by Gasteiger charge is -2.17. The molecule has 1 rings (SSSR count). The zero-order valence-corrected chi connectivity index (χ0v) is 14.6. The van der Waals surface area contributed by atoms with Crippen LogP contribution in [0.2, 0.25) is 0 Å². The molecule has 1 aromatic rings. The maximum Gasteiger partial charge on any atom is 0.119 e. The van der Waals surface area contributed by atoms with Gasteiger partial charge in [0, 0.05) is 4.47 Å². The Morgan fingerprint density at radius 2 is 1.55 bits per heavy atom. The molecular formula is C18H29BrO. The van der Waals surface area contributed by atoms with Crippen molar-refractivity contribution in [1.82, 2.24) is 0 Å². The highest BCUT2D eigenvalue weighted by molar-refractivity contribution is 9.10. The van der Waals surface area contributed by atoms with Crippen LogP contribution in [-0.4, -0.2) is 6.61 Å². The van der Waals surface area contributed by atoms with Crippen molar-refractivity contribution in [2.45, 2.75) is 65.2 Å². The van der Waals surface area contributed by atoms with E-state index in [9.17, 15) is 0 Å². The van der Waals surface area contributed by atoms with Gasteiger partial charge in [0.25, 0.3) is 0 Å². The molecule has 0 heterocycles. The Morgan fingerprint density at radius 3 is 2.20 bits per heavy atom. The van der Waals surface area contributed by atoms with Gasteiger partial charge in [0.15, 0.2) is 0 Å². The lowest BCUT2D eigenvalue weighted by Crippen LogP contribution is -2.12. The molecule has 0 aromatic heterocycles. The number of unbranched alkanes of at least 4 members (excludes halogenated alkanes) is 4. The second-order valence-electron chi connectivity index (χ2n) is 5.62.